The van der Waals surface area contributed by atoms with Crippen molar-refractivity contribution >= 4 is 23.4 Å². The molecule has 41 heavy (non-hydrogen) atoms. The summed E-state index contributed by atoms with van der Waals surface area (Å²) in [6, 6.07) is 9.73. The number of likely N-dealkylation sites (tertiary alicyclic amines) is 3. The molecule has 0 N–H and O–H groups in total. The van der Waals surface area contributed by atoms with E-state index in [0.29, 0.717) is 36.8 Å². The van der Waals surface area contributed by atoms with Gasteiger partial charge in [0.15, 0.2) is 0 Å². The third-order valence-corrected chi connectivity index (χ3v) is 10.3. The fourth-order valence-corrected chi connectivity index (χ4v) is 7.38. The van der Waals surface area contributed by atoms with Crippen LogP contribution in [0.1, 0.15) is 81.4 Å². The second-order valence-corrected chi connectivity index (χ2v) is 14.0. The van der Waals surface area contributed by atoms with E-state index in [-0.39, 0.29) is 35.1 Å². The molecule has 3 heterocycles. The number of nitrogens with zero attached hydrogens (tertiary/aromatic N) is 3. The number of piperidine rings is 1. The Hall–Kier alpha value is -2.51. The van der Waals surface area contributed by atoms with E-state index in [1.807, 2.05) is 21.9 Å². The van der Waals surface area contributed by atoms with Crippen LogP contribution in [0.25, 0.3) is 0 Å². The van der Waals surface area contributed by atoms with E-state index in [1.54, 1.807) is 0 Å². The average Bonchev–Trinajstić information content (AvgIpc) is 3.59. The minimum atomic E-state index is -0.608. The molecule has 0 spiro atoms. The Balaban J connectivity index is 1.20. The van der Waals surface area contributed by atoms with Gasteiger partial charge in [-0.2, -0.15) is 0 Å². The third kappa shape index (κ3) is 5.29. The summed E-state index contributed by atoms with van der Waals surface area (Å²) in [6.07, 6.45) is 4.40. The Labute approximate surface area is 246 Å². The largest absolute Gasteiger partial charge is 0.342 e. The van der Waals surface area contributed by atoms with Crippen molar-refractivity contribution in [1.82, 2.24) is 14.7 Å². The molecule has 0 aromatic heterocycles. The van der Waals surface area contributed by atoms with Crippen LogP contribution in [-0.4, -0.2) is 71.3 Å². The highest BCUT2D eigenvalue weighted by Gasteiger charge is 2.55. The molecular formula is C33H40ClF2N3O2. The molecule has 6 rings (SSSR count). The van der Waals surface area contributed by atoms with Crippen molar-refractivity contribution in [1.29, 1.82) is 0 Å². The molecule has 8 heteroatoms. The van der Waals surface area contributed by atoms with Crippen LogP contribution in [0.2, 0.25) is 5.02 Å². The van der Waals surface area contributed by atoms with E-state index in [9.17, 15) is 18.4 Å². The van der Waals surface area contributed by atoms with Gasteiger partial charge < -0.3 is 9.80 Å². The Morgan fingerprint density at radius 3 is 2.17 bits per heavy atom. The van der Waals surface area contributed by atoms with Crippen molar-refractivity contribution < 1.29 is 18.4 Å². The first-order valence-corrected chi connectivity index (χ1v) is 15.4. The fraction of sp³-hybridized carbons (Fsp3) is 0.576. The molecule has 5 nitrogen and oxygen atoms in total. The second-order valence-electron chi connectivity index (χ2n) is 13.5. The molecule has 1 saturated carbocycles. The number of hydrogen-bond acceptors (Lipinski definition) is 3. The predicted octanol–water partition coefficient (Wildman–Crippen LogP) is 6.10. The van der Waals surface area contributed by atoms with Gasteiger partial charge in [-0.3, -0.25) is 14.5 Å². The number of halogens is 3. The lowest BCUT2D eigenvalue weighted by Crippen LogP contribution is -2.47. The zero-order chi connectivity index (χ0) is 29.1. The van der Waals surface area contributed by atoms with Crippen LogP contribution in [-0.2, 0) is 15.0 Å². The van der Waals surface area contributed by atoms with E-state index < -0.39 is 17.0 Å². The van der Waals surface area contributed by atoms with Gasteiger partial charge in [-0.25, -0.2) is 8.78 Å². The van der Waals surface area contributed by atoms with Crippen LogP contribution in [0.5, 0.6) is 0 Å². The minimum Gasteiger partial charge on any atom is -0.342 e. The van der Waals surface area contributed by atoms with Crippen molar-refractivity contribution in [2.45, 2.75) is 75.7 Å². The molecule has 220 valence electrons. The summed E-state index contributed by atoms with van der Waals surface area (Å²) < 4.78 is 28.6. The summed E-state index contributed by atoms with van der Waals surface area (Å²) >= 11 is 6.46. The van der Waals surface area contributed by atoms with E-state index in [1.165, 1.54) is 17.7 Å². The standard InChI is InChI=1S/C33H40ClF2N3O2/c1-32(2,3)39-19-26(25-8-6-23(35)18-29(25)36)27(20-39)30(40)37-15-9-21(10-16-37)24-7-5-22(34)17-28(24)33(11-12-33)31(41)38-13-4-14-38/h5-8,17-18,21,26-27H,4,9-16,19-20H2,1-3H3/t26?,27-/m1/s1. The molecule has 4 fully saturated rings. The predicted molar refractivity (Wildman–Crippen MR) is 156 cm³/mol. The van der Waals surface area contributed by atoms with Gasteiger partial charge in [0, 0.05) is 61.8 Å². The van der Waals surface area contributed by atoms with E-state index >= 15 is 0 Å². The second kappa shape index (κ2) is 10.6. The van der Waals surface area contributed by atoms with E-state index in [2.05, 4.69) is 31.7 Å². The van der Waals surface area contributed by atoms with Crippen LogP contribution in [0.3, 0.4) is 0 Å². The van der Waals surface area contributed by atoms with Gasteiger partial charge in [-0.05, 0) is 93.7 Å². The smallest absolute Gasteiger partial charge is 0.233 e. The highest BCUT2D eigenvalue weighted by atomic mass is 35.5. The summed E-state index contributed by atoms with van der Waals surface area (Å²) in [5, 5.41) is 0.655. The summed E-state index contributed by atoms with van der Waals surface area (Å²) in [6.45, 7) is 10.3. The number of rotatable bonds is 5. The molecule has 0 bridgehead atoms. The molecule has 2 atom stereocenters. The highest BCUT2D eigenvalue weighted by Crippen LogP contribution is 2.53. The highest BCUT2D eigenvalue weighted by molar-refractivity contribution is 6.30. The first-order valence-electron chi connectivity index (χ1n) is 15.1. The number of benzene rings is 2. The lowest BCUT2D eigenvalue weighted by Gasteiger charge is -2.38. The Morgan fingerprint density at radius 2 is 1.59 bits per heavy atom. The summed E-state index contributed by atoms with van der Waals surface area (Å²) in [5.74, 6) is -1.38. The Morgan fingerprint density at radius 1 is 0.902 bits per heavy atom. The summed E-state index contributed by atoms with van der Waals surface area (Å²) in [5.41, 5.74) is 2.07. The Kier molecular flexibility index (Phi) is 7.42. The summed E-state index contributed by atoms with van der Waals surface area (Å²) in [4.78, 5) is 33.6. The molecule has 4 aliphatic rings. The quantitative estimate of drug-likeness (QED) is 0.427. The van der Waals surface area contributed by atoms with Crippen molar-refractivity contribution in [2.75, 3.05) is 39.3 Å². The molecule has 1 unspecified atom stereocenters. The number of amides is 2. The van der Waals surface area contributed by atoms with Crippen molar-refractivity contribution in [3.63, 3.8) is 0 Å². The molecular weight excluding hydrogens is 544 g/mol. The van der Waals surface area contributed by atoms with Crippen LogP contribution >= 0.6 is 11.6 Å². The maximum absolute atomic E-state index is 14.9. The van der Waals surface area contributed by atoms with Gasteiger partial charge >= 0.3 is 0 Å². The van der Waals surface area contributed by atoms with Crippen LogP contribution in [0.4, 0.5) is 8.78 Å². The molecule has 1 aliphatic carbocycles. The number of carbonyl (C=O) groups excluding carboxylic acids is 2. The first kappa shape index (κ1) is 28.6. The molecule has 2 aromatic carbocycles. The SMILES string of the molecule is CC(C)(C)N1CC(c2ccc(F)cc2F)[C@H](C(=O)N2CCC(c3ccc(Cl)cc3C3(C(=O)N4CCC4)CC3)CC2)C1. The first-order chi connectivity index (χ1) is 19.5. The van der Waals surface area contributed by atoms with Crippen molar-refractivity contribution in [3.8, 4) is 0 Å². The number of carbonyl (C=O) groups is 2. The van der Waals surface area contributed by atoms with Gasteiger partial charge in [0.25, 0.3) is 0 Å². The van der Waals surface area contributed by atoms with Crippen LogP contribution < -0.4 is 0 Å². The van der Waals surface area contributed by atoms with Gasteiger partial charge in [0.2, 0.25) is 11.8 Å². The lowest BCUT2D eigenvalue weighted by atomic mass is 9.80. The number of hydrogen-bond donors (Lipinski definition) is 0. The van der Waals surface area contributed by atoms with Crippen LogP contribution in [0.15, 0.2) is 36.4 Å². The third-order valence-electron chi connectivity index (χ3n) is 10.0. The van der Waals surface area contributed by atoms with Gasteiger partial charge in [-0.15, -0.1) is 0 Å². The van der Waals surface area contributed by atoms with Crippen LogP contribution in [0, 0.1) is 17.6 Å². The van der Waals surface area contributed by atoms with Crippen molar-refractivity contribution in [2.24, 2.45) is 5.92 Å². The molecule has 2 amide bonds. The maximum atomic E-state index is 14.9. The van der Waals surface area contributed by atoms with E-state index in [0.717, 1.165) is 56.8 Å². The molecule has 3 saturated heterocycles. The molecule has 3 aliphatic heterocycles. The van der Waals surface area contributed by atoms with Crippen molar-refractivity contribution in [3.05, 3.63) is 69.7 Å². The zero-order valence-electron chi connectivity index (χ0n) is 24.3. The van der Waals surface area contributed by atoms with Gasteiger partial charge in [0.1, 0.15) is 11.6 Å². The normalized spacial score (nSPS) is 24.8. The fourth-order valence-electron chi connectivity index (χ4n) is 7.21. The van der Waals surface area contributed by atoms with Gasteiger partial charge in [-0.1, -0.05) is 23.7 Å². The Bertz CT molecular complexity index is 1340. The summed E-state index contributed by atoms with van der Waals surface area (Å²) in [7, 11) is 0. The monoisotopic (exact) mass is 583 g/mol. The lowest BCUT2D eigenvalue weighted by molar-refractivity contribution is -0.137. The van der Waals surface area contributed by atoms with E-state index in [4.69, 9.17) is 11.6 Å². The minimum absolute atomic E-state index is 0.0480. The maximum Gasteiger partial charge on any atom is 0.233 e. The average molecular weight is 584 g/mol. The topological polar surface area (TPSA) is 43.9 Å². The zero-order valence-corrected chi connectivity index (χ0v) is 25.0. The van der Waals surface area contributed by atoms with Gasteiger partial charge in [0.05, 0.1) is 11.3 Å². The molecule has 0 radical (unpaired) electrons. The molecule has 2 aromatic rings.